The Kier molecular flexibility index (Phi) is 4.55. The van der Waals surface area contributed by atoms with E-state index >= 15 is 0 Å². The van der Waals surface area contributed by atoms with Crippen LogP contribution in [0.1, 0.15) is 41.2 Å². The molecule has 0 atom stereocenters. The first-order valence-electron chi connectivity index (χ1n) is 6.58. The molecule has 5 heteroatoms. The largest absolute Gasteiger partial charge is 0.298 e. The summed E-state index contributed by atoms with van der Waals surface area (Å²) in [6.45, 7) is 4.28. The van der Waals surface area contributed by atoms with Gasteiger partial charge in [-0.3, -0.25) is 9.48 Å². The quantitative estimate of drug-likeness (QED) is 0.789. The molecular formula is C15H16ClFN2O. The number of hydrogen-bond donors (Lipinski definition) is 0. The monoisotopic (exact) mass is 294 g/mol. The van der Waals surface area contributed by atoms with Gasteiger partial charge in [-0.25, -0.2) is 4.39 Å². The molecule has 2 rings (SSSR count). The van der Waals surface area contributed by atoms with Gasteiger partial charge in [0.25, 0.3) is 0 Å². The van der Waals surface area contributed by atoms with Crippen LogP contribution < -0.4 is 0 Å². The van der Waals surface area contributed by atoms with E-state index in [1.54, 1.807) is 16.8 Å². The summed E-state index contributed by atoms with van der Waals surface area (Å²) < 4.78 is 15.2. The normalized spacial score (nSPS) is 10.8. The van der Waals surface area contributed by atoms with E-state index in [0.717, 1.165) is 17.7 Å². The van der Waals surface area contributed by atoms with Crippen LogP contribution in [0.2, 0.25) is 5.02 Å². The van der Waals surface area contributed by atoms with Gasteiger partial charge in [0.15, 0.2) is 6.29 Å². The first kappa shape index (κ1) is 14.7. The molecule has 1 aromatic heterocycles. The van der Waals surface area contributed by atoms with Crippen molar-refractivity contribution in [2.45, 2.75) is 33.2 Å². The first-order valence-corrected chi connectivity index (χ1v) is 6.96. The number of nitrogens with zero attached hydrogens (tertiary/aromatic N) is 2. The number of carbonyl (C=O) groups is 1. The zero-order valence-corrected chi connectivity index (χ0v) is 12.2. The van der Waals surface area contributed by atoms with Crippen LogP contribution in [0.25, 0.3) is 0 Å². The van der Waals surface area contributed by atoms with Crippen LogP contribution in [0, 0.1) is 5.82 Å². The van der Waals surface area contributed by atoms with Gasteiger partial charge in [0.2, 0.25) is 0 Å². The molecule has 3 nitrogen and oxygen atoms in total. The minimum atomic E-state index is -0.444. The van der Waals surface area contributed by atoms with Crippen LogP contribution in [0.5, 0.6) is 0 Å². The fraction of sp³-hybridized carbons (Fsp3) is 0.333. The lowest BCUT2D eigenvalue weighted by Crippen LogP contribution is -2.07. The van der Waals surface area contributed by atoms with E-state index in [9.17, 15) is 9.18 Å². The van der Waals surface area contributed by atoms with Gasteiger partial charge in [0.05, 0.1) is 22.8 Å². The van der Waals surface area contributed by atoms with Crippen LogP contribution in [-0.2, 0) is 19.4 Å². The van der Waals surface area contributed by atoms with Crippen molar-refractivity contribution < 1.29 is 9.18 Å². The molecule has 0 aliphatic rings. The molecule has 2 aromatic rings. The Morgan fingerprint density at radius 2 is 2.10 bits per heavy atom. The number of halogens is 2. The summed E-state index contributed by atoms with van der Waals surface area (Å²) in [5.41, 5.74) is 2.92. The Hall–Kier alpha value is -1.68. The summed E-state index contributed by atoms with van der Waals surface area (Å²) in [7, 11) is 0. The molecule has 0 saturated heterocycles. The highest BCUT2D eigenvalue weighted by atomic mass is 35.5. The van der Waals surface area contributed by atoms with Crippen molar-refractivity contribution in [1.29, 1.82) is 0 Å². The van der Waals surface area contributed by atoms with Crippen LogP contribution in [-0.4, -0.2) is 16.1 Å². The number of aldehydes is 1. The van der Waals surface area contributed by atoms with Gasteiger partial charge in [-0.2, -0.15) is 5.10 Å². The fourth-order valence-corrected chi connectivity index (χ4v) is 2.48. The van der Waals surface area contributed by atoms with Crippen LogP contribution in [0.4, 0.5) is 4.39 Å². The molecule has 0 aliphatic carbocycles. The number of aryl methyl sites for hydroxylation is 1. The topological polar surface area (TPSA) is 34.9 Å². The number of hydrogen-bond acceptors (Lipinski definition) is 2. The third kappa shape index (κ3) is 2.61. The van der Waals surface area contributed by atoms with Crippen molar-refractivity contribution in [3.63, 3.8) is 0 Å². The molecule has 0 N–H and O–H groups in total. The highest BCUT2D eigenvalue weighted by molar-refractivity contribution is 6.31. The summed E-state index contributed by atoms with van der Waals surface area (Å²) in [5.74, 6) is -0.444. The van der Waals surface area contributed by atoms with Gasteiger partial charge in [-0.05, 0) is 24.5 Å². The van der Waals surface area contributed by atoms with E-state index in [1.165, 1.54) is 6.07 Å². The predicted octanol–water partition coefficient (Wildman–Crippen LogP) is 3.66. The zero-order chi connectivity index (χ0) is 14.7. The molecule has 0 fully saturated rings. The summed E-state index contributed by atoms with van der Waals surface area (Å²) in [4.78, 5) is 11.2. The SMILES string of the molecule is CCc1nn(Cc2cccc(F)c2Cl)c(CC)c1C=O. The third-order valence-electron chi connectivity index (χ3n) is 3.31. The maximum absolute atomic E-state index is 13.5. The van der Waals surface area contributed by atoms with E-state index in [-0.39, 0.29) is 5.02 Å². The molecule has 0 bridgehead atoms. The zero-order valence-electron chi connectivity index (χ0n) is 11.5. The fourth-order valence-electron chi connectivity index (χ4n) is 2.30. The lowest BCUT2D eigenvalue weighted by atomic mass is 10.1. The second kappa shape index (κ2) is 6.18. The molecule has 1 aromatic carbocycles. The molecule has 0 radical (unpaired) electrons. The van der Waals surface area contributed by atoms with Gasteiger partial charge >= 0.3 is 0 Å². The number of rotatable bonds is 5. The van der Waals surface area contributed by atoms with Gasteiger partial charge < -0.3 is 0 Å². The van der Waals surface area contributed by atoms with Gasteiger partial charge in [0.1, 0.15) is 5.82 Å². The number of aromatic nitrogens is 2. The molecule has 0 aliphatic heterocycles. The van der Waals surface area contributed by atoms with E-state index in [0.29, 0.717) is 30.5 Å². The minimum Gasteiger partial charge on any atom is -0.298 e. The molecule has 0 spiro atoms. The molecule has 0 unspecified atom stereocenters. The van der Waals surface area contributed by atoms with Gasteiger partial charge in [0, 0.05) is 5.69 Å². The second-order valence-electron chi connectivity index (χ2n) is 4.50. The van der Waals surface area contributed by atoms with E-state index < -0.39 is 5.82 Å². The first-order chi connectivity index (χ1) is 9.62. The molecule has 0 amide bonds. The molecule has 20 heavy (non-hydrogen) atoms. The van der Waals surface area contributed by atoms with E-state index in [4.69, 9.17) is 11.6 Å². The molecular weight excluding hydrogens is 279 g/mol. The highest BCUT2D eigenvalue weighted by Gasteiger charge is 2.16. The molecule has 106 valence electrons. The van der Waals surface area contributed by atoms with Crippen molar-refractivity contribution in [3.8, 4) is 0 Å². The Labute approximate surface area is 122 Å². The van der Waals surface area contributed by atoms with Gasteiger partial charge in [-0.1, -0.05) is 37.6 Å². The van der Waals surface area contributed by atoms with Crippen LogP contribution in [0.3, 0.4) is 0 Å². The maximum Gasteiger partial charge on any atom is 0.153 e. The standard InChI is InChI=1S/C15H16ClFN2O/c1-3-13-11(9-20)14(4-2)19(18-13)8-10-6-5-7-12(17)15(10)16/h5-7,9H,3-4,8H2,1-2H3. The average Bonchev–Trinajstić information content (AvgIpc) is 2.80. The van der Waals surface area contributed by atoms with Crippen molar-refractivity contribution in [2.75, 3.05) is 0 Å². The Morgan fingerprint density at radius 3 is 2.70 bits per heavy atom. The summed E-state index contributed by atoms with van der Waals surface area (Å²) >= 11 is 5.97. The molecule has 0 saturated carbocycles. The Balaban J connectivity index is 2.45. The molecule has 1 heterocycles. The van der Waals surface area contributed by atoms with Crippen molar-refractivity contribution >= 4 is 17.9 Å². The van der Waals surface area contributed by atoms with E-state index in [2.05, 4.69) is 5.10 Å². The number of benzene rings is 1. The maximum atomic E-state index is 13.5. The lowest BCUT2D eigenvalue weighted by Gasteiger charge is -2.08. The number of carbonyl (C=O) groups excluding carboxylic acids is 1. The van der Waals surface area contributed by atoms with Gasteiger partial charge in [-0.15, -0.1) is 0 Å². The lowest BCUT2D eigenvalue weighted by molar-refractivity contribution is 0.112. The highest BCUT2D eigenvalue weighted by Crippen LogP contribution is 2.22. The van der Waals surface area contributed by atoms with E-state index in [1.807, 2.05) is 13.8 Å². The van der Waals surface area contributed by atoms with Crippen molar-refractivity contribution in [3.05, 3.63) is 51.6 Å². The van der Waals surface area contributed by atoms with Crippen molar-refractivity contribution in [1.82, 2.24) is 9.78 Å². The summed E-state index contributed by atoms with van der Waals surface area (Å²) in [5, 5.41) is 4.55. The van der Waals surface area contributed by atoms with Crippen molar-refractivity contribution in [2.24, 2.45) is 0 Å². The average molecular weight is 295 g/mol. The minimum absolute atomic E-state index is 0.107. The van der Waals surface area contributed by atoms with Crippen LogP contribution >= 0.6 is 11.6 Å². The Bertz CT molecular complexity index is 637. The summed E-state index contributed by atoms with van der Waals surface area (Å²) in [6, 6.07) is 4.70. The second-order valence-corrected chi connectivity index (χ2v) is 4.88. The Morgan fingerprint density at radius 1 is 1.35 bits per heavy atom. The third-order valence-corrected chi connectivity index (χ3v) is 3.74. The smallest absolute Gasteiger partial charge is 0.153 e. The predicted molar refractivity (Wildman–Crippen MR) is 76.9 cm³/mol. The van der Waals surface area contributed by atoms with Crippen LogP contribution in [0.15, 0.2) is 18.2 Å². The summed E-state index contributed by atoms with van der Waals surface area (Å²) in [6.07, 6.45) is 2.22.